The van der Waals surface area contributed by atoms with Crippen molar-refractivity contribution in [2.45, 2.75) is 90.3 Å². The second-order valence-corrected chi connectivity index (χ2v) is 14.1. The van der Waals surface area contributed by atoms with E-state index in [0.29, 0.717) is 51.2 Å². The van der Waals surface area contributed by atoms with E-state index >= 15 is 0 Å². The summed E-state index contributed by atoms with van der Waals surface area (Å²) in [5.41, 5.74) is 0. The summed E-state index contributed by atoms with van der Waals surface area (Å²) in [6.45, 7) is 7.54. The van der Waals surface area contributed by atoms with Gasteiger partial charge in [-0.25, -0.2) is 9.59 Å². The van der Waals surface area contributed by atoms with Crippen molar-refractivity contribution in [2.75, 3.05) is 39.4 Å². The second-order valence-electron chi connectivity index (χ2n) is 14.1. The summed E-state index contributed by atoms with van der Waals surface area (Å²) < 4.78 is 24.9. The molecular formula is C38H52N2O8. The first kappa shape index (κ1) is 34.4. The van der Waals surface area contributed by atoms with Crippen molar-refractivity contribution in [1.82, 2.24) is 10.1 Å². The Bertz CT molecular complexity index is 1250. The largest absolute Gasteiger partial charge is 0.489 e. The molecule has 2 aromatic rings. The molecule has 10 nitrogen and oxygen atoms in total. The molecule has 10 heteroatoms. The maximum atomic E-state index is 12.8. The van der Waals surface area contributed by atoms with Gasteiger partial charge in [0.05, 0.1) is 13.2 Å². The van der Waals surface area contributed by atoms with Crippen molar-refractivity contribution >= 4 is 11.9 Å². The molecule has 2 aliphatic heterocycles. The van der Waals surface area contributed by atoms with Crippen LogP contribution in [0.25, 0.3) is 0 Å². The van der Waals surface area contributed by atoms with E-state index in [1.165, 1.54) is 38.5 Å². The van der Waals surface area contributed by atoms with Crippen LogP contribution in [0.4, 0.5) is 0 Å². The number of piperidine rings is 2. The SMILES string of the molecule is C[C@H](Oc1ccccc1OCC1CCC1)[C@H]1CCCN(OC(=O)C(=O)ON2CCC[C@H]([C@H](C)Oc3ccccc3OCC3CCC3)C2)C1. The van der Waals surface area contributed by atoms with E-state index in [1.807, 2.05) is 62.4 Å². The van der Waals surface area contributed by atoms with Gasteiger partial charge < -0.3 is 28.6 Å². The van der Waals surface area contributed by atoms with Crippen LogP contribution < -0.4 is 18.9 Å². The topological polar surface area (TPSA) is 96.0 Å². The van der Waals surface area contributed by atoms with Gasteiger partial charge in [-0.3, -0.25) is 0 Å². The molecule has 48 heavy (non-hydrogen) atoms. The van der Waals surface area contributed by atoms with Crippen LogP contribution in [0, 0.1) is 23.7 Å². The molecule has 0 amide bonds. The van der Waals surface area contributed by atoms with E-state index in [2.05, 4.69) is 0 Å². The van der Waals surface area contributed by atoms with Crippen LogP contribution in [0.2, 0.25) is 0 Å². The molecule has 2 saturated carbocycles. The molecule has 2 aliphatic carbocycles. The lowest BCUT2D eigenvalue weighted by Gasteiger charge is -2.35. The highest BCUT2D eigenvalue weighted by Gasteiger charge is 2.34. The standard InChI is InChI=1S/C38H52N2O8/c1-27(45-35-19-5-3-17-33(35)43-25-29-11-7-12-29)31-15-9-21-39(23-31)47-37(41)38(42)48-40-22-10-16-32(24-40)28(2)46-36-20-6-4-18-34(36)44-26-30-13-8-14-30/h3-6,17-20,27-32H,7-16,21-26H2,1-2H3/t27-,28-,31-,32-/m0/s1. The van der Waals surface area contributed by atoms with E-state index < -0.39 is 11.9 Å². The molecule has 6 rings (SSSR count). The minimum absolute atomic E-state index is 0.111. The number of hydroxylamine groups is 4. The van der Waals surface area contributed by atoms with Crippen LogP contribution >= 0.6 is 0 Å². The predicted molar refractivity (Wildman–Crippen MR) is 180 cm³/mol. The fraction of sp³-hybridized carbons (Fsp3) is 0.632. The van der Waals surface area contributed by atoms with E-state index in [1.54, 1.807) is 10.1 Å². The summed E-state index contributed by atoms with van der Waals surface area (Å²) in [5.74, 6) is 2.44. The molecule has 4 atom stereocenters. The van der Waals surface area contributed by atoms with Crippen LogP contribution in [0.15, 0.2) is 48.5 Å². The van der Waals surface area contributed by atoms with Crippen molar-refractivity contribution in [3.63, 3.8) is 0 Å². The number of rotatable bonds is 14. The zero-order valence-electron chi connectivity index (χ0n) is 28.6. The highest BCUT2D eigenvalue weighted by molar-refractivity contribution is 6.29. The molecule has 4 fully saturated rings. The third-order valence-corrected chi connectivity index (χ3v) is 10.5. The Morgan fingerprint density at radius 3 is 1.38 bits per heavy atom. The van der Waals surface area contributed by atoms with Crippen LogP contribution in [0.3, 0.4) is 0 Å². The van der Waals surface area contributed by atoms with Gasteiger partial charge in [0.1, 0.15) is 12.2 Å². The molecule has 0 spiro atoms. The lowest BCUT2D eigenvalue weighted by Crippen LogP contribution is -2.45. The van der Waals surface area contributed by atoms with Gasteiger partial charge in [0.15, 0.2) is 23.0 Å². The fourth-order valence-corrected chi connectivity index (χ4v) is 6.85. The second kappa shape index (κ2) is 16.7. The summed E-state index contributed by atoms with van der Waals surface area (Å²) in [7, 11) is 0. The van der Waals surface area contributed by atoms with Gasteiger partial charge in [-0.1, -0.05) is 37.1 Å². The highest BCUT2D eigenvalue weighted by atomic mass is 16.8. The number of carbonyl (C=O) groups is 2. The lowest BCUT2D eigenvalue weighted by atomic mass is 9.86. The van der Waals surface area contributed by atoms with E-state index in [0.717, 1.165) is 48.7 Å². The number of ether oxygens (including phenoxy) is 4. The summed E-state index contributed by atoms with van der Waals surface area (Å²) >= 11 is 0. The van der Waals surface area contributed by atoms with Gasteiger partial charge in [0.2, 0.25) is 0 Å². The minimum atomic E-state index is -1.01. The first-order valence-electron chi connectivity index (χ1n) is 18.1. The third kappa shape index (κ3) is 9.35. The normalized spacial score (nSPS) is 23.5. The molecule has 0 N–H and O–H groups in total. The summed E-state index contributed by atoms with van der Waals surface area (Å²) in [4.78, 5) is 36.7. The Hall–Kier alpha value is -3.50. The average molecular weight is 665 g/mol. The highest BCUT2D eigenvalue weighted by Crippen LogP contribution is 2.35. The smallest absolute Gasteiger partial charge is 0.438 e. The Labute approximate surface area is 284 Å². The van der Waals surface area contributed by atoms with Crippen molar-refractivity contribution < 1.29 is 38.2 Å². The summed E-state index contributed by atoms with van der Waals surface area (Å²) in [6, 6.07) is 15.6. The average Bonchev–Trinajstić information content (AvgIpc) is 3.05. The van der Waals surface area contributed by atoms with Crippen molar-refractivity contribution in [2.24, 2.45) is 23.7 Å². The van der Waals surface area contributed by atoms with Gasteiger partial charge in [0, 0.05) is 38.0 Å². The van der Waals surface area contributed by atoms with Crippen LogP contribution in [0.1, 0.15) is 78.1 Å². The van der Waals surface area contributed by atoms with Gasteiger partial charge in [0.25, 0.3) is 0 Å². The fourth-order valence-electron chi connectivity index (χ4n) is 6.85. The first-order chi connectivity index (χ1) is 23.4. The Morgan fingerprint density at radius 2 is 1.00 bits per heavy atom. The van der Waals surface area contributed by atoms with E-state index in [4.69, 9.17) is 28.6 Å². The van der Waals surface area contributed by atoms with E-state index in [9.17, 15) is 9.59 Å². The van der Waals surface area contributed by atoms with Crippen LogP contribution in [-0.2, 0) is 19.3 Å². The molecular weight excluding hydrogens is 612 g/mol. The monoisotopic (exact) mass is 664 g/mol. The number of benzene rings is 2. The predicted octanol–water partition coefficient (Wildman–Crippen LogP) is 6.62. The third-order valence-electron chi connectivity index (χ3n) is 10.5. The molecule has 2 aromatic carbocycles. The van der Waals surface area contributed by atoms with Crippen molar-refractivity contribution in [1.29, 1.82) is 0 Å². The molecule has 2 saturated heterocycles. The van der Waals surface area contributed by atoms with Crippen LogP contribution in [-0.4, -0.2) is 73.7 Å². The quantitative estimate of drug-likeness (QED) is 0.205. The number of carbonyl (C=O) groups excluding carboxylic acids is 2. The zero-order chi connectivity index (χ0) is 33.3. The van der Waals surface area contributed by atoms with Crippen molar-refractivity contribution in [3.05, 3.63) is 48.5 Å². The number of hydrogen-bond acceptors (Lipinski definition) is 10. The van der Waals surface area contributed by atoms with E-state index in [-0.39, 0.29) is 24.0 Å². The van der Waals surface area contributed by atoms with Crippen molar-refractivity contribution in [3.8, 4) is 23.0 Å². The van der Waals surface area contributed by atoms with Gasteiger partial charge in [-0.2, -0.15) is 0 Å². The Morgan fingerprint density at radius 1 is 0.604 bits per heavy atom. The van der Waals surface area contributed by atoms with Gasteiger partial charge >= 0.3 is 11.9 Å². The molecule has 0 aromatic heterocycles. The molecule has 0 radical (unpaired) electrons. The number of para-hydroxylation sites is 4. The summed E-state index contributed by atoms with van der Waals surface area (Å²) in [6.07, 6.45) is 10.7. The summed E-state index contributed by atoms with van der Waals surface area (Å²) in [5, 5.41) is 3.13. The molecule has 2 heterocycles. The maximum absolute atomic E-state index is 12.8. The lowest BCUT2D eigenvalue weighted by molar-refractivity contribution is -0.227. The molecule has 262 valence electrons. The molecule has 0 unspecified atom stereocenters. The zero-order valence-corrected chi connectivity index (χ0v) is 28.6. The first-order valence-corrected chi connectivity index (χ1v) is 18.1. The Kier molecular flexibility index (Phi) is 12.0. The van der Waals surface area contributed by atoms with Gasteiger partial charge in [-0.15, -0.1) is 10.1 Å². The minimum Gasteiger partial charge on any atom is -0.489 e. The Balaban J connectivity index is 0.944. The maximum Gasteiger partial charge on any atom is 0.438 e. The van der Waals surface area contributed by atoms with Crippen LogP contribution in [0.5, 0.6) is 23.0 Å². The molecule has 4 aliphatic rings. The van der Waals surface area contributed by atoms with Gasteiger partial charge in [-0.05, 0) is 101 Å². The number of nitrogens with zero attached hydrogens (tertiary/aromatic N) is 2. The molecule has 0 bridgehead atoms. The number of hydrogen-bond donors (Lipinski definition) is 0.